The van der Waals surface area contributed by atoms with Gasteiger partial charge in [0.1, 0.15) is 5.75 Å². The van der Waals surface area contributed by atoms with Crippen LogP contribution in [-0.2, 0) is 6.18 Å². The molecule has 1 unspecified atom stereocenters. The number of nitrogens with one attached hydrogen (secondary N) is 2. The van der Waals surface area contributed by atoms with Gasteiger partial charge in [-0.05, 0) is 113 Å². The minimum Gasteiger partial charge on any atom is -0.507 e. The fraction of sp³-hybridized carbons (Fsp3) is 0.645. The van der Waals surface area contributed by atoms with E-state index in [9.17, 15) is 18.3 Å². The highest BCUT2D eigenvalue weighted by atomic mass is 19.4. The number of nitrogens with zero attached hydrogens (tertiary/aromatic N) is 2. The molecular weight excluding hydrogens is 501 g/mol. The van der Waals surface area contributed by atoms with Crippen molar-refractivity contribution in [1.82, 2.24) is 15.1 Å². The molecule has 3 saturated heterocycles. The number of piperidine rings is 3. The van der Waals surface area contributed by atoms with Gasteiger partial charge in [0.2, 0.25) is 0 Å². The second-order valence-electron chi connectivity index (χ2n) is 10.8. The van der Waals surface area contributed by atoms with Crippen molar-refractivity contribution in [2.24, 2.45) is 0 Å². The summed E-state index contributed by atoms with van der Waals surface area (Å²) >= 11 is 0. The molecular formula is C31H47F3N4O. The zero-order chi connectivity index (χ0) is 28.7. The minimum absolute atomic E-state index is 0.0875. The average molecular weight is 549 g/mol. The number of hydrogen-bond acceptors (Lipinski definition) is 5. The Morgan fingerprint density at radius 1 is 1.05 bits per heavy atom. The highest BCUT2D eigenvalue weighted by molar-refractivity contribution is 6.12. The summed E-state index contributed by atoms with van der Waals surface area (Å²) in [7, 11) is 0. The van der Waals surface area contributed by atoms with Gasteiger partial charge >= 0.3 is 6.18 Å². The second-order valence-corrected chi connectivity index (χ2v) is 10.8. The van der Waals surface area contributed by atoms with E-state index in [1.807, 2.05) is 20.8 Å². The lowest BCUT2D eigenvalue weighted by Crippen LogP contribution is -2.53. The van der Waals surface area contributed by atoms with E-state index in [0.717, 1.165) is 81.7 Å². The fourth-order valence-electron chi connectivity index (χ4n) is 6.24. The Bertz CT molecular complexity index is 1060. The first-order chi connectivity index (χ1) is 18.6. The van der Waals surface area contributed by atoms with Gasteiger partial charge in [0.25, 0.3) is 0 Å². The number of benzene rings is 1. The average Bonchev–Trinajstić information content (AvgIpc) is 2.96. The summed E-state index contributed by atoms with van der Waals surface area (Å²) in [6.07, 6.45) is 2.87. The Kier molecular flexibility index (Phi) is 11.1. The number of halogens is 3. The van der Waals surface area contributed by atoms with Gasteiger partial charge in [-0.2, -0.15) is 13.2 Å². The quantitative estimate of drug-likeness (QED) is 0.343. The van der Waals surface area contributed by atoms with Crippen molar-refractivity contribution in [1.29, 1.82) is 5.41 Å². The molecule has 0 radical (unpaired) electrons. The summed E-state index contributed by atoms with van der Waals surface area (Å²) in [4.78, 5) is 5.25. The van der Waals surface area contributed by atoms with Crippen molar-refractivity contribution < 1.29 is 18.3 Å². The van der Waals surface area contributed by atoms with E-state index in [1.54, 1.807) is 0 Å². The van der Waals surface area contributed by atoms with Gasteiger partial charge in [-0.15, -0.1) is 0 Å². The van der Waals surface area contributed by atoms with Crippen LogP contribution in [0.4, 0.5) is 13.2 Å². The first-order valence-corrected chi connectivity index (χ1v) is 14.7. The zero-order valence-electron chi connectivity index (χ0n) is 24.3. The topological polar surface area (TPSA) is 62.6 Å². The molecule has 3 fully saturated rings. The number of aromatic hydroxyl groups is 1. The van der Waals surface area contributed by atoms with Crippen molar-refractivity contribution in [3.8, 4) is 5.75 Å². The molecule has 1 aromatic rings. The van der Waals surface area contributed by atoms with Crippen molar-refractivity contribution in [3.63, 3.8) is 0 Å². The zero-order valence-corrected chi connectivity index (χ0v) is 24.3. The van der Waals surface area contributed by atoms with Crippen LogP contribution >= 0.6 is 0 Å². The van der Waals surface area contributed by atoms with Gasteiger partial charge in [0.05, 0.1) is 11.3 Å². The second kappa shape index (κ2) is 13.8. The summed E-state index contributed by atoms with van der Waals surface area (Å²) < 4.78 is 39.3. The molecule has 3 heterocycles. The molecule has 0 aromatic heterocycles. The predicted octanol–water partition coefficient (Wildman–Crippen LogP) is 7.12. The molecule has 0 bridgehead atoms. The third-order valence-corrected chi connectivity index (χ3v) is 8.45. The maximum Gasteiger partial charge on any atom is 0.416 e. The number of hydrogen-bond donors (Lipinski definition) is 3. The summed E-state index contributed by atoms with van der Waals surface area (Å²) in [5.41, 5.74) is 3.62. The summed E-state index contributed by atoms with van der Waals surface area (Å²) in [6, 6.07) is 3.94. The van der Waals surface area contributed by atoms with E-state index >= 15 is 0 Å². The molecule has 1 atom stereocenters. The Morgan fingerprint density at radius 2 is 1.74 bits per heavy atom. The maximum absolute atomic E-state index is 13.1. The lowest BCUT2D eigenvalue weighted by molar-refractivity contribution is -0.137. The van der Waals surface area contributed by atoms with Crippen molar-refractivity contribution in [2.75, 3.05) is 32.7 Å². The minimum atomic E-state index is -4.54. The largest absolute Gasteiger partial charge is 0.507 e. The standard InChI is InChI=1S/C29H41F3N4O.C2H6/c1-4-19(2)28-24(20(3)27(33)25-10-9-21(17-26(25)37)29(30,31)32)8-6-16-36(28)23-7-5-15-35(18-23)22-11-13-34-14-12-22;1-2/h9-10,17,22-23,33-34,37H,4-8,11-16,18H2,1-3H3;1-2H3/b24-20-,28-19-,33-27?;. The van der Waals surface area contributed by atoms with Crippen LogP contribution in [-0.4, -0.2) is 65.4 Å². The van der Waals surface area contributed by atoms with Gasteiger partial charge in [-0.1, -0.05) is 20.8 Å². The predicted molar refractivity (Wildman–Crippen MR) is 153 cm³/mol. The third kappa shape index (κ3) is 7.26. The normalized spacial score (nSPS) is 24.1. The molecule has 0 saturated carbocycles. The number of alkyl halides is 3. The molecule has 39 heavy (non-hydrogen) atoms. The van der Waals surface area contributed by atoms with Crippen LogP contribution < -0.4 is 5.32 Å². The van der Waals surface area contributed by atoms with Gasteiger partial charge < -0.3 is 15.3 Å². The molecule has 0 amide bonds. The first kappa shape index (κ1) is 31.2. The van der Waals surface area contributed by atoms with Gasteiger partial charge in [0.15, 0.2) is 0 Å². The highest BCUT2D eigenvalue weighted by Crippen LogP contribution is 2.38. The van der Waals surface area contributed by atoms with E-state index in [4.69, 9.17) is 5.41 Å². The van der Waals surface area contributed by atoms with E-state index < -0.39 is 17.5 Å². The number of allylic oxidation sites excluding steroid dienone is 3. The number of phenols is 1. The Balaban J connectivity index is 0.00000205. The van der Waals surface area contributed by atoms with Gasteiger partial charge in [0, 0.05) is 36.4 Å². The maximum atomic E-state index is 13.1. The van der Waals surface area contributed by atoms with Crippen LogP contribution in [0.15, 0.2) is 40.6 Å². The summed E-state index contributed by atoms with van der Waals surface area (Å²) in [6.45, 7) is 15.5. The molecule has 0 aliphatic carbocycles. The van der Waals surface area contributed by atoms with Crippen LogP contribution in [0.3, 0.4) is 0 Å². The molecule has 3 aliphatic heterocycles. The first-order valence-electron chi connectivity index (χ1n) is 14.7. The van der Waals surface area contributed by atoms with E-state index in [0.29, 0.717) is 12.1 Å². The Morgan fingerprint density at radius 3 is 2.36 bits per heavy atom. The van der Waals surface area contributed by atoms with Crippen LogP contribution in [0.25, 0.3) is 0 Å². The molecule has 3 N–H and O–H groups in total. The fourth-order valence-corrected chi connectivity index (χ4v) is 6.24. The molecule has 5 nitrogen and oxygen atoms in total. The number of phenolic OH excluding ortho intramolecular Hbond substituents is 1. The van der Waals surface area contributed by atoms with Crippen LogP contribution in [0.2, 0.25) is 0 Å². The molecule has 218 valence electrons. The third-order valence-electron chi connectivity index (χ3n) is 8.45. The van der Waals surface area contributed by atoms with Crippen LogP contribution in [0.5, 0.6) is 5.75 Å². The Labute approximate surface area is 232 Å². The summed E-state index contributed by atoms with van der Waals surface area (Å²) in [5.74, 6) is -0.505. The molecule has 4 rings (SSSR count). The summed E-state index contributed by atoms with van der Waals surface area (Å²) in [5, 5.41) is 22.7. The van der Waals surface area contributed by atoms with E-state index in [-0.39, 0.29) is 11.3 Å². The van der Waals surface area contributed by atoms with Crippen molar-refractivity contribution in [3.05, 3.63) is 51.7 Å². The molecule has 1 aromatic carbocycles. The Hall–Kier alpha value is -2.32. The van der Waals surface area contributed by atoms with Crippen molar-refractivity contribution in [2.45, 2.75) is 97.8 Å². The SMILES string of the molecule is CC.CC/C(C)=C1/C(=C(/C)C(=N)c2ccc(C(F)(F)F)cc2O)CCCN1C1CCCN(C2CCNCC2)C1. The molecule has 0 spiro atoms. The monoisotopic (exact) mass is 548 g/mol. The van der Waals surface area contributed by atoms with E-state index in [1.165, 1.54) is 36.6 Å². The van der Waals surface area contributed by atoms with Crippen molar-refractivity contribution >= 4 is 5.71 Å². The molecule has 3 aliphatic rings. The smallest absolute Gasteiger partial charge is 0.416 e. The van der Waals surface area contributed by atoms with Gasteiger partial charge in [-0.3, -0.25) is 10.3 Å². The van der Waals surface area contributed by atoms with E-state index in [2.05, 4.69) is 29.0 Å². The lowest BCUT2D eigenvalue weighted by Gasteiger charge is -2.47. The van der Waals surface area contributed by atoms with Gasteiger partial charge in [-0.25, -0.2) is 0 Å². The number of likely N-dealkylation sites (tertiary alicyclic amines) is 2. The number of rotatable bonds is 5. The highest BCUT2D eigenvalue weighted by Gasteiger charge is 2.35. The lowest BCUT2D eigenvalue weighted by atomic mass is 9.86. The molecule has 8 heteroatoms. The van der Waals surface area contributed by atoms with Crippen LogP contribution in [0.1, 0.15) is 90.7 Å². The van der Waals surface area contributed by atoms with Crippen LogP contribution in [0, 0.1) is 5.41 Å².